The normalized spacial score (nSPS) is 11.8. The van der Waals surface area contributed by atoms with Gasteiger partial charge in [0.2, 0.25) is 5.78 Å². The van der Waals surface area contributed by atoms with E-state index in [0.29, 0.717) is 6.07 Å². The molecule has 0 spiro atoms. The van der Waals surface area contributed by atoms with E-state index in [4.69, 9.17) is 27.9 Å². The van der Waals surface area contributed by atoms with Gasteiger partial charge < -0.3 is 4.74 Å². The van der Waals surface area contributed by atoms with Gasteiger partial charge in [-0.1, -0.05) is 35.3 Å². The van der Waals surface area contributed by atoms with Crippen molar-refractivity contribution in [3.63, 3.8) is 0 Å². The lowest BCUT2D eigenvalue weighted by atomic mass is 10.1. The van der Waals surface area contributed by atoms with Crippen molar-refractivity contribution in [2.24, 2.45) is 0 Å². The van der Waals surface area contributed by atoms with Crippen molar-refractivity contribution in [2.45, 2.75) is 11.1 Å². The van der Waals surface area contributed by atoms with E-state index < -0.39 is 37.5 Å². The molecule has 3 aromatic rings. The van der Waals surface area contributed by atoms with Crippen molar-refractivity contribution in [1.29, 1.82) is 0 Å². The molecule has 1 N–H and O–H groups in total. The number of para-hydroxylation sites is 1. The number of methoxy groups -OCH3 is 1. The van der Waals surface area contributed by atoms with Crippen molar-refractivity contribution in [1.82, 2.24) is 4.98 Å². The molecule has 1 heterocycles. The Labute approximate surface area is 191 Å². The number of nitrogens with zero attached hydrogens (tertiary/aromatic N) is 1. The predicted octanol–water partition coefficient (Wildman–Crippen LogP) is 5.45. The fourth-order valence-electron chi connectivity index (χ4n) is 2.75. The number of benzene rings is 2. The van der Waals surface area contributed by atoms with E-state index >= 15 is 0 Å². The molecular formula is C20H13Cl2F3N2O4S. The smallest absolute Gasteiger partial charge is 0.417 e. The van der Waals surface area contributed by atoms with Gasteiger partial charge in [-0.25, -0.2) is 13.4 Å². The van der Waals surface area contributed by atoms with Crippen LogP contribution in [-0.4, -0.2) is 26.3 Å². The lowest BCUT2D eigenvalue weighted by Gasteiger charge is -2.15. The van der Waals surface area contributed by atoms with Crippen LogP contribution in [0.15, 0.2) is 59.6 Å². The zero-order valence-corrected chi connectivity index (χ0v) is 18.4. The standard InChI is InChI=1S/C20H13Cl2F3N2O4S/c1-31-17-5-3-2-4-13(17)19(28)18-16(8-11(21)10-26-18)27-32(29,30)12-6-7-15(22)14(9-12)20(23,24)25/h2-10,27H,1H3. The molecule has 0 aliphatic carbocycles. The van der Waals surface area contributed by atoms with E-state index in [1.54, 1.807) is 12.1 Å². The molecule has 0 aliphatic rings. The Morgan fingerprint density at radius 2 is 1.78 bits per heavy atom. The van der Waals surface area contributed by atoms with Crippen LogP contribution in [0.4, 0.5) is 18.9 Å². The van der Waals surface area contributed by atoms with E-state index in [9.17, 15) is 26.4 Å². The topological polar surface area (TPSA) is 85.4 Å². The number of alkyl halides is 3. The molecule has 0 amide bonds. The molecule has 0 radical (unpaired) electrons. The van der Waals surface area contributed by atoms with Crippen LogP contribution >= 0.6 is 23.2 Å². The van der Waals surface area contributed by atoms with Gasteiger partial charge in [0.05, 0.1) is 38.9 Å². The molecule has 0 fully saturated rings. The van der Waals surface area contributed by atoms with Crippen LogP contribution in [0.3, 0.4) is 0 Å². The molecule has 0 saturated carbocycles. The van der Waals surface area contributed by atoms with Crippen LogP contribution in [-0.2, 0) is 16.2 Å². The van der Waals surface area contributed by atoms with Crippen molar-refractivity contribution in [2.75, 3.05) is 11.8 Å². The third-order valence-corrected chi connectivity index (χ3v) is 6.12. The molecule has 0 bridgehead atoms. The van der Waals surface area contributed by atoms with Crippen molar-refractivity contribution in [3.8, 4) is 5.75 Å². The lowest BCUT2D eigenvalue weighted by Crippen LogP contribution is -2.18. The number of aromatic nitrogens is 1. The van der Waals surface area contributed by atoms with E-state index in [2.05, 4.69) is 9.71 Å². The van der Waals surface area contributed by atoms with Gasteiger partial charge in [0, 0.05) is 6.20 Å². The van der Waals surface area contributed by atoms with Crippen LogP contribution in [0, 0.1) is 0 Å². The van der Waals surface area contributed by atoms with Crippen molar-refractivity contribution in [3.05, 3.63) is 81.6 Å². The van der Waals surface area contributed by atoms with Crippen LogP contribution in [0.1, 0.15) is 21.6 Å². The van der Waals surface area contributed by atoms with Gasteiger partial charge in [0.15, 0.2) is 0 Å². The van der Waals surface area contributed by atoms with Gasteiger partial charge in [0.1, 0.15) is 11.4 Å². The first-order valence-corrected chi connectivity index (χ1v) is 10.9. The number of halogens is 5. The Morgan fingerprint density at radius 3 is 2.44 bits per heavy atom. The first-order chi connectivity index (χ1) is 14.9. The summed E-state index contributed by atoms with van der Waals surface area (Å²) >= 11 is 11.5. The molecule has 0 saturated heterocycles. The average Bonchev–Trinajstić information content (AvgIpc) is 2.72. The number of ether oxygens (including phenoxy) is 1. The second-order valence-corrected chi connectivity index (χ2v) is 8.85. The predicted molar refractivity (Wildman–Crippen MR) is 113 cm³/mol. The minimum atomic E-state index is -4.87. The van der Waals surface area contributed by atoms with Crippen LogP contribution in [0.2, 0.25) is 10.0 Å². The summed E-state index contributed by atoms with van der Waals surface area (Å²) in [6.07, 6.45) is -3.74. The molecule has 6 nitrogen and oxygen atoms in total. The highest BCUT2D eigenvalue weighted by Gasteiger charge is 2.35. The second kappa shape index (κ2) is 8.97. The first kappa shape index (κ1) is 23.8. The fourth-order valence-corrected chi connectivity index (χ4v) is 4.22. The largest absolute Gasteiger partial charge is 0.496 e. The van der Waals surface area contributed by atoms with Crippen LogP contribution in [0.25, 0.3) is 0 Å². The van der Waals surface area contributed by atoms with Crippen molar-refractivity contribution >= 4 is 44.7 Å². The fraction of sp³-hybridized carbons (Fsp3) is 0.100. The van der Waals surface area contributed by atoms with Gasteiger partial charge >= 0.3 is 6.18 Å². The van der Waals surface area contributed by atoms with Gasteiger partial charge in [0.25, 0.3) is 10.0 Å². The number of hydrogen-bond donors (Lipinski definition) is 1. The van der Waals surface area contributed by atoms with Crippen molar-refractivity contribution < 1.29 is 31.1 Å². The Morgan fingerprint density at radius 1 is 1.09 bits per heavy atom. The lowest BCUT2D eigenvalue weighted by molar-refractivity contribution is -0.137. The number of carbonyl (C=O) groups excluding carboxylic acids is 1. The van der Waals surface area contributed by atoms with Crippen LogP contribution in [0.5, 0.6) is 5.75 Å². The maximum Gasteiger partial charge on any atom is 0.417 e. The number of rotatable bonds is 6. The second-order valence-electron chi connectivity index (χ2n) is 6.32. The summed E-state index contributed by atoms with van der Waals surface area (Å²) in [5, 5.41) is -0.667. The summed E-state index contributed by atoms with van der Waals surface area (Å²) in [7, 11) is -3.22. The molecule has 0 atom stereocenters. The Bertz CT molecular complexity index is 1300. The minimum absolute atomic E-state index is 0.00800. The molecular weight excluding hydrogens is 492 g/mol. The van der Waals surface area contributed by atoms with Gasteiger partial charge in [-0.05, 0) is 36.4 Å². The number of sulfonamides is 1. The van der Waals surface area contributed by atoms with E-state index in [-0.39, 0.29) is 27.7 Å². The Balaban J connectivity index is 2.07. The first-order valence-electron chi connectivity index (χ1n) is 8.67. The highest BCUT2D eigenvalue weighted by Crippen LogP contribution is 2.36. The molecule has 32 heavy (non-hydrogen) atoms. The molecule has 12 heteroatoms. The molecule has 168 valence electrons. The molecule has 3 rings (SSSR count). The molecule has 0 aliphatic heterocycles. The summed E-state index contributed by atoms with van der Waals surface area (Å²) in [5.74, 6) is -0.473. The van der Waals surface area contributed by atoms with E-state index in [0.717, 1.165) is 24.4 Å². The number of carbonyl (C=O) groups is 1. The van der Waals surface area contributed by atoms with Crippen LogP contribution < -0.4 is 9.46 Å². The van der Waals surface area contributed by atoms with Gasteiger partial charge in [-0.15, -0.1) is 0 Å². The summed E-state index contributed by atoms with van der Waals surface area (Å²) in [4.78, 5) is 16.2. The third-order valence-electron chi connectivity index (χ3n) is 4.22. The van der Waals surface area contributed by atoms with E-state index in [1.807, 2.05) is 0 Å². The maximum atomic E-state index is 13.1. The summed E-state index contributed by atoms with van der Waals surface area (Å²) in [5.41, 5.74) is -1.88. The highest BCUT2D eigenvalue weighted by atomic mass is 35.5. The quantitative estimate of drug-likeness (QED) is 0.451. The molecule has 2 aromatic carbocycles. The molecule has 0 unspecified atom stereocenters. The van der Waals surface area contributed by atoms with Gasteiger partial charge in [-0.2, -0.15) is 13.2 Å². The summed E-state index contributed by atoms with van der Waals surface area (Å²) in [6, 6.07) is 9.41. The number of pyridine rings is 1. The number of hydrogen-bond acceptors (Lipinski definition) is 5. The average molecular weight is 505 g/mol. The monoisotopic (exact) mass is 504 g/mol. The van der Waals surface area contributed by atoms with E-state index in [1.165, 1.54) is 19.2 Å². The SMILES string of the molecule is COc1ccccc1C(=O)c1ncc(Cl)cc1NS(=O)(=O)c1ccc(Cl)c(C(F)(F)F)c1. The Kier molecular flexibility index (Phi) is 6.68. The third kappa shape index (κ3) is 4.98. The number of anilines is 1. The highest BCUT2D eigenvalue weighted by molar-refractivity contribution is 7.92. The maximum absolute atomic E-state index is 13.1. The zero-order valence-electron chi connectivity index (χ0n) is 16.1. The van der Waals surface area contributed by atoms with Gasteiger partial charge in [-0.3, -0.25) is 9.52 Å². The molecule has 1 aromatic heterocycles. The summed E-state index contributed by atoms with van der Waals surface area (Å²) < 4.78 is 72.3. The minimum Gasteiger partial charge on any atom is -0.496 e. The number of nitrogens with one attached hydrogen (secondary N) is 1. The summed E-state index contributed by atoms with van der Waals surface area (Å²) in [6.45, 7) is 0. The zero-order chi connectivity index (χ0) is 23.7. The Hall–Kier alpha value is -2.82. The number of ketones is 1.